The van der Waals surface area contributed by atoms with E-state index < -0.39 is 5.54 Å². The van der Waals surface area contributed by atoms with E-state index >= 15 is 0 Å². The average molecular weight is 420 g/mol. The molecule has 0 radical (unpaired) electrons. The van der Waals surface area contributed by atoms with Gasteiger partial charge in [0, 0.05) is 23.1 Å². The minimum atomic E-state index is -1.07. The van der Waals surface area contributed by atoms with Crippen molar-refractivity contribution in [3.63, 3.8) is 0 Å². The number of hydrogen-bond acceptors (Lipinski definition) is 3. The molecule has 6 nitrogen and oxygen atoms in total. The fraction of sp³-hybridized carbons (Fsp3) is 0.360. The van der Waals surface area contributed by atoms with Crippen LogP contribution < -0.4 is 15.0 Å². The number of rotatable bonds is 6. The van der Waals surface area contributed by atoms with Crippen LogP contribution in [0.4, 0.5) is 5.69 Å². The summed E-state index contributed by atoms with van der Waals surface area (Å²) in [6.45, 7) is 7.05. The maximum Gasteiger partial charge on any atom is 0.275 e. The van der Waals surface area contributed by atoms with E-state index in [-0.39, 0.29) is 11.8 Å². The summed E-state index contributed by atoms with van der Waals surface area (Å²) in [7, 11) is 1.60. The van der Waals surface area contributed by atoms with E-state index in [0.717, 1.165) is 17.3 Å². The molecule has 1 N–H and O–H groups in total. The quantitative estimate of drug-likeness (QED) is 0.650. The van der Waals surface area contributed by atoms with Crippen molar-refractivity contribution in [3.05, 3.63) is 60.3 Å². The standard InChI is InChI=1S/C25H29N3O3/c1-17(2)13-14-26-24(30)25(3)16-27-21-8-6-5-7-18(21)15-22(27)23(29)28(25)19-9-11-20(31-4)12-10-19/h5-12,15,17H,13-14,16H2,1-4H3,(H,26,30). The van der Waals surface area contributed by atoms with Gasteiger partial charge in [-0.3, -0.25) is 14.5 Å². The first-order chi connectivity index (χ1) is 14.8. The van der Waals surface area contributed by atoms with Gasteiger partial charge >= 0.3 is 0 Å². The molecular formula is C25H29N3O3. The summed E-state index contributed by atoms with van der Waals surface area (Å²) in [6, 6.07) is 17.1. The Bertz CT molecular complexity index is 1120. The molecule has 1 aliphatic heterocycles. The maximum atomic E-state index is 13.7. The third-order valence-corrected chi connectivity index (χ3v) is 6.02. The molecule has 1 unspecified atom stereocenters. The number of ether oxygens (including phenoxy) is 1. The first-order valence-corrected chi connectivity index (χ1v) is 10.7. The second-order valence-electron chi connectivity index (χ2n) is 8.73. The molecule has 2 aromatic carbocycles. The highest BCUT2D eigenvalue weighted by Gasteiger charge is 2.48. The first-order valence-electron chi connectivity index (χ1n) is 10.7. The molecule has 0 aliphatic carbocycles. The highest BCUT2D eigenvalue weighted by Crippen LogP contribution is 2.36. The van der Waals surface area contributed by atoms with Crippen molar-refractivity contribution in [1.29, 1.82) is 0 Å². The molecule has 1 atom stereocenters. The molecule has 31 heavy (non-hydrogen) atoms. The Labute approximate surface area is 182 Å². The molecule has 3 aromatic rings. The predicted molar refractivity (Wildman–Crippen MR) is 123 cm³/mol. The van der Waals surface area contributed by atoms with Crippen LogP contribution in [0.25, 0.3) is 10.9 Å². The fourth-order valence-electron chi connectivity index (χ4n) is 4.25. The van der Waals surface area contributed by atoms with Gasteiger partial charge in [-0.05, 0) is 55.7 Å². The molecule has 1 aliphatic rings. The van der Waals surface area contributed by atoms with Crippen LogP contribution in [0.5, 0.6) is 5.75 Å². The number of benzene rings is 2. The monoisotopic (exact) mass is 419 g/mol. The van der Waals surface area contributed by atoms with E-state index in [0.29, 0.717) is 36.1 Å². The van der Waals surface area contributed by atoms with Crippen LogP contribution in [-0.2, 0) is 11.3 Å². The summed E-state index contributed by atoms with van der Waals surface area (Å²) in [4.78, 5) is 28.8. The van der Waals surface area contributed by atoms with E-state index in [1.807, 2.05) is 66.1 Å². The summed E-state index contributed by atoms with van der Waals surface area (Å²) >= 11 is 0. The maximum absolute atomic E-state index is 13.7. The van der Waals surface area contributed by atoms with Crippen molar-refractivity contribution >= 4 is 28.4 Å². The van der Waals surface area contributed by atoms with Gasteiger partial charge in [0.25, 0.3) is 5.91 Å². The van der Waals surface area contributed by atoms with Crippen molar-refractivity contribution in [2.75, 3.05) is 18.6 Å². The summed E-state index contributed by atoms with van der Waals surface area (Å²) in [5.41, 5.74) is 1.15. The van der Waals surface area contributed by atoms with E-state index in [9.17, 15) is 9.59 Å². The lowest BCUT2D eigenvalue weighted by atomic mass is 9.93. The lowest BCUT2D eigenvalue weighted by Gasteiger charge is -2.44. The summed E-state index contributed by atoms with van der Waals surface area (Å²) in [5, 5.41) is 4.06. The number of nitrogens with zero attached hydrogens (tertiary/aromatic N) is 2. The minimum Gasteiger partial charge on any atom is -0.497 e. The topological polar surface area (TPSA) is 63.6 Å². The molecule has 0 saturated heterocycles. The molecular weight excluding hydrogens is 390 g/mol. The Morgan fingerprint density at radius 1 is 1.16 bits per heavy atom. The van der Waals surface area contributed by atoms with Gasteiger partial charge in [0.1, 0.15) is 17.0 Å². The number of amides is 2. The largest absolute Gasteiger partial charge is 0.497 e. The molecule has 0 fully saturated rings. The van der Waals surface area contributed by atoms with Crippen LogP contribution in [-0.4, -0.2) is 35.6 Å². The fourth-order valence-corrected chi connectivity index (χ4v) is 4.25. The van der Waals surface area contributed by atoms with Gasteiger partial charge < -0.3 is 14.6 Å². The molecule has 0 bridgehead atoms. The Morgan fingerprint density at radius 2 is 1.87 bits per heavy atom. The summed E-state index contributed by atoms with van der Waals surface area (Å²) in [6.07, 6.45) is 0.885. The Kier molecular flexibility index (Phi) is 5.48. The number of anilines is 1. The number of hydrogen-bond donors (Lipinski definition) is 1. The number of fused-ring (bicyclic) bond motifs is 3. The van der Waals surface area contributed by atoms with Gasteiger partial charge in [0.05, 0.1) is 13.7 Å². The van der Waals surface area contributed by atoms with Crippen LogP contribution >= 0.6 is 0 Å². The summed E-state index contributed by atoms with van der Waals surface area (Å²) in [5.74, 6) is 0.846. The normalized spacial score (nSPS) is 18.4. The Morgan fingerprint density at radius 3 is 2.55 bits per heavy atom. The zero-order chi connectivity index (χ0) is 22.2. The molecule has 162 valence electrons. The minimum absolute atomic E-state index is 0.152. The summed E-state index contributed by atoms with van der Waals surface area (Å²) < 4.78 is 7.24. The third kappa shape index (κ3) is 3.67. The third-order valence-electron chi connectivity index (χ3n) is 6.02. The van der Waals surface area contributed by atoms with Crippen molar-refractivity contribution in [1.82, 2.24) is 9.88 Å². The molecule has 1 aromatic heterocycles. The van der Waals surface area contributed by atoms with Crippen LogP contribution in [0.2, 0.25) is 0 Å². The smallest absolute Gasteiger partial charge is 0.275 e. The van der Waals surface area contributed by atoms with E-state index in [1.54, 1.807) is 12.0 Å². The lowest BCUT2D eigenvalue weighted by molar-refractivity contribution is -0.126. The van der Waals surface area contributed by atoms with Crippen molar-refractivity contribution in [2.45, 2.75) is 39.3 Å². The molecule has 4 rings (SSSR count). The first kappa shape index (κ1) is 21.0. The van der Waals surface area contributed by atoms with Gasteiger partial charge in [-0.1, -0.05) is 32.0 Å². The van der Waals surface area contributed by atoms with Gasteiger partial charge in [0.15, 0.2) is 0 Å². The number of nitrogens with one attached hydrogen (secondary N) is 1. The highest BCUT2D eigenvalue weighted by atomic mass is 16.5. The lowest BCUT2D eigenvalue weighted by Crippen LogP contribution is -2.64. The Hall–Kier alpha value is -3.28. The number of methoxy groups -OCH3 is 1. The number of aromatic nitrogens is 1. The highest BCUT2D eigenvalue weighted by molar-refractivity contribution is 6.14. The van der Waals surface area contributed by atoms with Gasteiger partial charge in [0.2, 0.25) is 5.91 Å². The predicted octanol–water partition coefficient (Wildman–Crippen LogP) is 4.23. The zero-order valence-corrected chi connectivity index (χ0v) is 18.5. The van der Waals surface area contributed by atoms with Crippen LogP contribution in [0, 0.1) is 5.92 Å². The Balaban J connectivity index is 1.80. The van der Waals surface area contributed by atoms with Crippen LogP contribution in [0.1, 0.15) is 37.7 Å². The van der Waals surface area contributed by atoms with Crippen LogP contribution in [0.3, 0.4) is 0 Å². The SMILES string of the molecule is COc1ccc(N2C(=O)c3cc4ccccc4n3CC2(C)C(=O)NCCC(C)C)cc1. The number of para-hydroxylation sites is 1. The van der Waals surface area contributed by atoms with Gasteiger partial charge in [-0.25, -0.2) is 0 Å². The molecule has 2 amide bonds. The van der Waals surface area contributed by atoms with Crippen molar-refractivity contribution in [2.24, 2.45) is 5.92 Å². The van der Waals surface area contributed by atoms with E-state index in [2.05, 4.69) is 19.2 Å². The van der Waals surface area contributed by atoms with Crippen molar-refractivity contribution in [3.8, 4) is 5.75 Å². The molecule has 0 saturated carbocycles. The van der Waals surface area contributed by atoms with E-state index in [1.165, 1.54) is 0 Å². The second-order valence-corrected chi connectivity index (χ2v) is 8.73. The van der Waals surface area contributed by atoms with Gasteiger partial charge in [-0.2, -0.15) is 0 Å². The number of carbonyl (C=O) groups is 2. The van der Waals surface area contributed by atoms with E-state index in [4.69, 9.17) is 4.74 Å². The molecule has 6 heteroatoms. The molecule has 2 heterocycles. The second kappa shape index (κ2) is 8.10. The average Bonchev–Trinajstić information content (AvgIpc) is 3.12. The van der Waals surface area contributed by atoms with Crippen molar-refractivity contribution < 1.29 is 14.3 Å². The van der Waals surface area contributed by atoms with Gasteiger partial charge in [-0.15, -0.1) is 0 Å². The number of carbonyl (C=O) groups excluding carboxylic acids is 2. The zero-order valence-electron chi connectivity index (χ0n) is 18.5. The molecule has 0 spiro atoms. The van der Waals surface area contributed by atoms with Crippen LogP contribution in [0.15, 0.2) is 54.6 Å².